The summed E-state index contributed by atoms with van der Waals surface area (Å²) in [6, 6.07) is 9.17. The van der Waals surface area contributed by atoms with Gasteiger partial charge in [0.2, 0.25) is 10.0 Å². The van der Waals surface area contributed by atoms with Gasteiger partial charge in [-0.2, -0.15) is 0 Å². The number of benzene rings is 1. The van der Waals surface area contributed by atoms with E-state index in [9.17, 15) is 8.42 Å². The van der Waals surface area contributed by atoms with Crippen LogP contribution >= 0.6 is 0 Å². The van der Waals surface area contributed by atoms with Crippen molar-refractivity contribution in [1.82, 2.24) is 4.72 Å². The molecule has 1 rings (SSSR count). The Morgan fingerprint density at radius 2 is 1.28 bits per heavy atom. The quantitative estimate of drug-likeness (QED) is 0.342. The fourth-order valence-electron chi connectivity index (χ4n) is 2.10. The van der Waals surface area contributed by atoms with Crippen molar-refractivity contribution in [1.29, 1.82) is 0 Å². The number of hydrogen-bond donors (Lipinski definition) is 2. The zero-order chi connectivity index (χ0) is 25.3. The summed E-state index contributed by atoms with van der Waals surface area (Å²) in [7, 11) is -6.62. The van der Waals surface area contributed by atoms with Crippen LogP contribution in [0.4, 0.5) is 0 Å². The standard InChI is InChI=1S/C15H27NO3SSi.C8H21NOSi/c1-15(2,3)21(4,5)19-12-11-16-20(17,18)13-14-9-7-6-8-10-14;1-8(2,3)11(4,5)10-7-6-9/h6-10,16H,11-13H2,1-5H3;6-7,9H2,1-5H3. The normalized spacial score (nSPS) is 13.5. The fourth-order valence-corrected chi connectivity index (χ4v) is 5.33. The van der Waals surface area contributed by atoms with Gasteiger partial charge in [0.15, 0.2) is 16.6 Å². The molecule has 0 bridgehead atoms. The lowest BCUT2D eigenvalue weighted by atomic mass is 10.2. The minimum atomic E-state index is -3.30. The van der Waals surface area contributed by atoms with Crippen molar-refractivity contribution in [3.8, 4) is 0 Å². The van der Waals surface area contributed by atoms with Gasteiger partial charge < -0.3 is 14.6 Å². The summed E-state index contributed by atoms with van der Waals surface area (Å²) in [5.41, 5.74) is 6.16. The van der Waals surface area contributed by atoms with E-state index < -0.39 is 26.7 Å². The molecule has 188 valence electrons. The zero-order valence-corrected chi connectivity index (χ0v) is 24.9. The van der Waals surface area contributed by atoms with Crippen LogP contribution in [0.5, 0.6) is 0 Å². The number of hydrogen-bond acceptors (Lipinski definition) is 5. The topological polar surface area (TPSA) is 90.7 Å². The van der Waals surface area contributed by atoms with Gasteiger partial charge in [0.1, 0.15) is 0 Å². The van der Waals surface area contributed by atoms with E-state index in [0.717, 1.165) is 5.56 Å². The summed E-state index contributed by atoms with van der Waals surface area (Å²) >= 11 is 0. The van der Waals surface area contributed by atoms with E-state index in [-0.39, 0.29) is 10.8 Å². The highest BCUT2D eigenvalue weighted by atomic mass is 32.2. The van der Waals surface area contributed by atoms with Crippen molar-refractivity contribution in [3.05, 3.63) is 35.9 Å². The van der Waals surface area contributed by atoms with E-state index in [1.807, 2.05) is 30.3 Å². The van der Waals surface area contributed by atoms with Crippen molar-refractivity contribution < 1.29 is 17.3 Å². The van der Waals surface area contributed by atoms with Crippen molar-refractivity contribution in [2.24, 2.45) is 5.73 Å². The highest BCUT2D eigenvalue weighted by Crippen LogP contribution is 2.37. The lowest BCUT2D eigenvalue weighted by Crippen LogP contribution is -2.42. The van der Waals surface area contributed by atoms with E-state index in [1.165, 1.54) is 0 Å². The highest BCUT2D eigenvalue weighted by molar-refractivity contribution is 7.88. The molecular weight excluding hydrogens is 457 g/mol. The Hall–Kier alpha value is -0.556. The molecule has 0 radical (unpaired) electrons. The molecule has 9 heteroatoms. The molecule has 0 unspecified atom stereocenters. The van der Waals surface area contributed by atoms with Crippen LogP contribution in [0.15, 0.2) is 30.3 Å². The fraction of sp³-hybridized carbons (Fsp3) is 0.739. The second kappa shape index (κ2) is 12.8. The first kappa shape index (κ1) is 31.4. The third-order valence-corrected chi connectivity index (χ3v) is 16.7. The highest BCUT2D eigenvalue weighted by Gasteiger charge is 2.37. The Kier molecular flexibility index (Phi) is 12.6. The van der Waals surface area contributed by atoms with Crippen molar-refractivity contribution in [2.75, 3.05) is 26.3 Å². The Morgan fingerprint density at radius 1 is 0.844 bits per heavy atom. The van der Waals surface area contributed by atoms with E-state index in [2.05, 4.69) is 72.5 Å². The molecule has 0 aromatic heterocycles. The molecular formula is C23H48N2O4SSi2. The molecule has 32 heavy (non-hydrogen) atoms. The van der Waals surface area contributed by atoms with E-state index in [4.69, 9.17) is 14.6 Å². The van der Waals surface area contributed by atoms with Gasteiger partial charge in [0.05, 0.1) is 5.75 Å². The average molecular weight is 505 g/mol. The van der Waals surface area contributed by atoms with Crippen LogP contribution in [-0.2, 0) is 24.6 Å². The molecule has 0 spiro atoms. The van der Waals surface area contributed by atoms with Gasteiger partial charge in [-0.25, -0.2) is 13.1 Å². The summed E-state index contributed by atoms with van der Waals surface area (Å²) < 4.78 is 38.2. The minimum absolute atomic E-state index is 0.00787. The first-order valence-corrected chi connectivity index (χ1v) is 18.8. The van der Waals surface area contributed by atoms with E-state index in [1.54, 1.807) is 0 Å². The second-order valence-electron chi connectivity index (χ2n) is 11.1. The van der Waals surface area contributed by atoms with Gasteiger partial charge in [-0.1, -0.05) is 71.9 Å². The molecule has 3 N–H and O–H groups in total. The minimum Gasteiger partial charge on any atom is -0.416 e. The molecule has 0 heterocycles. The maximum absolute atomic E-state index is 12.0. The van der Waals surface area contributed by atoms with Crippen LogP contribution in [0.3, 0.4) is 0 Å². The first-order valence-electron chi connectivity index (χ1n) is 11.3. The van der Waals surface area contributed by atoms with Gasteiger partial charge in [0, 0.05) is 26.3 Å². The largest absolute Gasteiger partial charge is 0.416 e. The molecule has 1 aromatic carbocycles. The predicted molar refractivity (Wildman–Crippen MR) is 142 cm³/mol. The van der Waals surface area contributed by atoms with Crippen molar-refractivity contribution in [3.63, 3.8) is 0 Å². The molecule has 0 fully saturated rings. The van der Waals surface area contributed by atoms with Crippen LogP contribution in [-0.4, -0.2) is 51.4 Å². The number of nitrogens with one attached hydrogen (secondary N) is 1. The SMILES string of the molecule is CC(C)(C)[Si](C)(C)OCCN.CC(C)(C)[Si](C)(C)OCCNS(=O)(=O)Cc1ccccc1. The van der Waals surface area contributed by atoms with E-state index >= 15 is 0 Å². The zero-order valence-electron chi connectivity index (χ0n) is 22.0. The molecule has 0 amide bonds. The van der Waals surface area contributed by atoms with Crippen LogP contribution in [0.1, 0.15) is 47.1 Å². The molecule has 0 aliphatic heterocycles. The first-order chi connectivity index (χ1) is 14.3. The third-order valence-electron chi connectivity index (χ3n) is 6.28. The lowest BCUT2D eigenvalue weighted by molar-refractivity contribution is 0.293. The molecule has 1 aromatic rings. The van der Waals surface area contributed by atoms with Crippen LogP contribution in [0, 0.1) is 0 Å². The summed E-state index contributed by atoms with van der Waals surface area (Å²) in [5, 5.41) is 0.443. The van der Waals surface area contributed by atoms with Crippen LogP contribution < -0.4 is 10.5 Å². The predicted octanol–water partition coefficient (Wildman–Crippen LogP) is 5.09. The monoisotopic (exact) mass is 504 g/mol. The van der Waals surface area contributed by atoms with Gasteiger partial charge >= 0.3 is 0 Å². The van der Waals surface area contributed by atoms with Crippen LogP contribution in [0.2, 0.25) is 36.3 Å². The third kappa shape index (κ3) is 12.1. The maximum Gasteiger partial charge on any atom is 0.215 e. The molecule has 0 atom stereocenters. The second-order valence-corrected chi connectivity index (χ2v) is 22.6. The van der Waals surface area contributed by atoms with Crippen molar-refractivity contribution >= 4 is 26.7 Å². The average Bonchev–Trinajstić information content (AvgIpc) is 2.63. The van der Waals surface area contributed by atoms with Crippen LogP contribution in [0.25, 0.3) is 0 Å². The Labute approximate surface area is 200 Å². The summed E-state index contributed by atoms with van der Waals surface area (Å²) in [5.74, 6) is 0.00787. The Balaban J connectivity index is 0.000000739. The Morgan fingerprint density at radius 3 is 1.69 bits per heavy atom. The molecule has 6 nitrogen and oxygen atoms in total. The van der Waals surface area contributed by atoms with Crippen molar-refractivity contribution in [2.45, 2.75) is 83.6 Å². The Bertz CT molecular complexity index is 756. The molecule has 0 aliphatic rings. The maximum atomic E-state index is 12.0. The summed E-state index contributed by atoms with van der Waals surface area (Å²) in [6.45, 7) is 24.1. The van der Waals surface area contributed by atoms with Gasteiger partial charge in [0.25, 0.3) is 0 Å². The molecule has 0 saturated heterocycles. The lowest BCUT2D eigenvalue weighted by Gasteiger charge is -2.36. The molecule has 0 aliphatic carbocycles. The smallest absolute Gasteiger partial charge is 0.215 e. The summed E-state index contributed by atoms with van der Waals surface area (Å²) in [4.78, 5) is 0. The van der Waals surface area contributed by atoms with Gasteiger partial charge in [-0.15, -0.1) is 0 Å². The van der Waals surface area contributed by atoms with E-state index in [0.29, 0.717) is 31.3 Å². The molecule has 0 saturated carbocycles. The number of sulfonamides is 1. The van der Waals surface area contributed by atoms with Gasteiger partial charge in [-0.3, -0.25) is 0 Å². The summed E-state index contributed by atoms with van der Waals surface area (Å²) in [6.07, 6.45) is 0. The number of nitrogens with two attached hydrogens (primary N) is 1. The van der Waals surface area contributed by atoms with Gasteiger partial charge in [-0.05, 0) is 41.8 Å². The number of rotatable bonds is 10.